The second kappa shape index (κ2) is 7.97. The van der Waals surface area contributed by atoms with Crippen molar-refractivity contribution in [1.82, 2.24) is 40.7 Å². The standard InChI is InChI=1S/C17H20N8O2S/c1-10(28-17-22-23-24-25(17)12-5-6-12)16(26)18-9-14-19-15(21-20-14)11-3-7-13(27-2)8-4-11/h3-4,7-8,10,12H,5-6,9H2,1-2H3,(H,18,26)(H,19,20,21). The van der Waals surface area contributed by atoms with E-state index >= 15 is 0 Å². The number of methoxy groups -OCH3 is 1. The minimum absolute atomic E-state index is 0.113. The molecule has 1 aliphatic rings. The van der Waals surface area contributed by atoms with E-state index in [0.717, 1.165) is 24.2 Å². The Kier molecular flexibility index (Phi) is 5.24. The van der Waals surface area contributed by atoms with Gasteiger partial charge in [0.2, 0.25) is 11.1 Å². The van der Waals surface area contributed by atoms with Crippen LogP contribution in [0.4, 0.5) is 0 Å². The number of aromatic nitrogens is 7. The van der Waals surface area contributed by atoms with Gasteiger partial charge in [0.1, 0.15) is 11.6 Å². The van der Waals surface area contributed by atoms with Crippen molar-refractivity contribution < 1.29 is 9.53 Å². The molecule has 10 nitrogen and oxygen atoms in total. The SMILES string of the molecule is COc1ccc(-c2n[nH]c(CNC(=O)C(C)Sc3nnnn3C3CC3)n2)cc1. The molecule has 1 atom stereocenters. The summed E-state index contributed by atoms with van der Waals surface area (Å²) in [4.78, 5) is 16.8. The van der Waals surface area contributed by atoms with Crippen molar-refractivity contribution >= 4 is 17.7 Å². The second-order valence-electron chi connectivity index (χ2n) is 6.45. The van der Waals surface area contributed by atoms with Gasteiger partial charge in [0.15, 0.2) is 5.82 Å². The zero-order valence-electron chi connectivity index (χ0n) is 15.5. The summed E-state index contributed by atoms with van der Waals surface area (Å²) in [6.07, 6.45) is 2.17. The molecule has 1 saturated carbocycles. The van der Waals surface area contributed by atoms with E-state index in [1.165, 1.54) is 11.8 Å². The van der Waals surface area contributed by atoms with E-state index in [0.29, 0.717) is 22.8 Å². The van der Waals surface area contributed by atoms with Crippen molar-refractivity contribution in [2.24, 2.45) is 0 Å². The number of carbonyl (C=O) groups excluding carboxylic acids is 1. The molecule has 1 aliphatic carbocycles. The summed E-state index contributed by atoms with van der Waals surface area (Å²) in [5.74, 6) is 1.81. The minimum Gasteiger partial charge on any atom is -0.497 e. The summed E-state index contributed by atoms with van der Waals surface area (Å²) in [6, 6.07) is 7.83. The molecule has 28 heavy (non-hydrogen) atoms. The predicted octanol–water partition coefficient (Wildman–Crippen LogP) is 1.60. The Morgan fingerprint density at radius 1 is 1.39 bits per heavy atom. The van der Waals surface area contributed by atoms with E-state index in [1.807, 2.05) is 31.2 Å². The summed E-state index contributed by atoms with van der Waals surface area (Å²) in [6.45, 7) is 2.09. The highest BCUT2D eigenvalue weighted by atomic mass is 32.2. The molecule has 2 heterocycles. The van der Waals surface area contributed by atoms with E-state index in [4.69, 9.17) is 4.74 Å². The van der Waals surface area contributed by atoms with Crippen LogP contribution in [0.3, 0.4) is 0 Å². The first kappa shape index (κ1) is 18.4. The molecule has 146 valence electrons. The van der Waals surface area contributed by atoms with Crippen molar-refractivity contribution in [3.8, 4) is 17.1 Å². The Balaban J connectivity index is 1.31. The maximum Gasteiger partial charge on any atom is 0.233 e. The van der Waals surface area contributed by atoms with Crippen LogP contribution in [0.15, 0.2) is 29.4 Å². The molecule has 1 fully saturated rings. The number of carbonyl (C=O) groups is 1. The van der Waals surface area contributed by atoms with Gasteiger partial charge in [0.25, 0.3) is 0 Å². The molecular weight excluding hydrogens is 380 g/mol. The molecule has 0 saturated heterocycles. The molecule has 4 rings (SSSR count). The number of rotatable bonds is 8. The molecule has 1 unspecified atom stereocenters. The molecule has 1 amide bonds. The van der Waals surface area contributed by atoms with E-state index < -0.39 is 0 Å². The van der Waals surface area contributed by atoms with Gasteiger partial charge in [0.05, 0.1) is 24.9 Å². The number of benzene rings is 1. The monoisotopic (exact) mass is 400 g/mol. The third kappa shape index (κ3) is 4.14. The number of thioether (sulfide) groups is 1. The fraction of sp³-hybridized carbons (Fsp3) is 0.412. The number of nitrogens with zero attached hydrogens (tertiary/aromatic N) is 6. The van der Waals surface area contributed by atoms with Gasteiger partial charge in [-0.3, -0.25) is 9.89 Å². The zero-order valence-corrected chi connectivity index (χ0v) is 16.3. The summed E-state index contributed by atoms with van der Waals surface area (Å²) in [5.41, 5.74) is 0.866. The molecular formula is C17H20N8O2S. The van der Waals surface area contributed by atoms with Crippen LogP contribution in [0.25, 0.3) is 11.4 Å². The van der Waals surface area contributed by atoms with Crippen LogP contribution < -0.4 is 10.1 Å². The van der Waals surface area contributed by atoms with Crippen molar-refractivity contribution in [3.63, 3.8) is 0 Å². The lowest BCUT2D eigenvalue weighted by atomic mass is 10.2. The van der Waals surface area contributed by atoms with Crippen LogP contribution in [-0.4, -0.2) is 53.7 Å². The van der Waals surface area contributed by atoms with E-state index in [-0.39, 0.29) is 17.7 Å². The topological polar surface area (TPSA) is 123 Å². The number of ether oxygens (including phenoxy) is 1. The van der Waals surface area contributed by atoms with Gasteiger partial charge in [-0.2, -0.15) is 5.10 Å². The van der Waals surface area contributed by atoms with Gasteiger partial charge >= 0.3 is 0 Å². The number of tetrazole rings is 1. The fourth-order valence-electron chi connectivity index (χ4n) is 2.58. The van der Waals surface area contributed by atoms with Crippen molar-refractivity contribution in [2.75, 3.05) is 7.11 Å². The lowest BCUT2D eigenvalue weighted by Gasteiger charge is -2.10. The largest absolute Gasteiger partial charge is 0.497 e. The number of hydrogen-bond acceptors (Lipinski definition) is 8. The van der Waals surface area contributed by atoms with Crippen molar-refractivity contribution in [1.29, 1.82) is 0 Å². The van der Waals surface area contributed by atoms with Crippen LogP contribution in [0.5, 0.6) is 5.75 Å². The molecule has 3 aromatic rings. The third-order valence-corrected chi connectivity index (χ3v) is 5.36. The van der Waals surface area contributed by atoms with Gasteiger partial charge in [-0.15, -0.1) is 5.10 Å². The highest BCUT2D eigenvalue weighted by Gasteiger charge is 2.29. The summed E-state index contributed by atoms with van der Waals surface area (Å²) in [7, 11) is 1.62. The molecule has 0 radical (unpaired) electrons. The lowest BCUT2D eigenvalue weighted by Crippen LogP contribution is -2.31. The first-order chi connectivity index (χ1) is 13.6. The average Bonchev–Trinajstić information content (AvgIpc) is 3.27. The lowest BCUT2D eigenvalue weighted by molar-refractivity contribution is -0.120. The maximum atomic E-state index is 12.4. The molecule has 0 spiro atoms. The Bertz CT molecular complexity index is 950. The first-order valence-corrected chi connectivity index (χ1v) is 9.80. The third-order valence-electron chi connectivity index (χ3n) is 4.32. The molecule has 0 aliphatic heterocycles. The van der Waals surface area contributed by atoms with Crippen LogP contribution in [-0.2, 0) is 11.3 Å². The predicted molar refractivity (Wildman–Crippen MR) is 102 cm³/mol. The van der Waals surface area contributed by atoms with E-state index in [9.17, 15) is 4.79 Å². The quantitative estimate of drug-likeness (QED) is 0.547. The Morgan fingerprint density at radius 2 is 2.18 bits per heavy atom. The minimum atomic E-state index is -0.326. The summed E-state index contributed by atoms with van der Waals surface area (Å²) >= 11 is 1.35. The number of aromatic amines is 1. The molecule has 2 aromatic heterocycles. The van der Waals surface area contributed by atoms with E-state index in [1.54, 1.807) is 11.8 Å². The molecule has 2 N–H and O–H groups in total. The van der Waals surface area contributed by atoms with Gasteiger partial charge in [-0.25, -0.2) is 9.67 Å². The summed E-state index contributed by atoms with van der Waals surface area (Å²) < 4.78 is 6.94. The number of H-pyrrole nitrogens is 1. The zero-order chi connectivity index (χ0) is 19.5. The number of amides is 1. The number of nitrogens with one attached hydrogen (secondary N) is 2. The van der Waals surface area contributed by atoms with Gasteiger partial charge in [-0.05, 0) is 54.5 Å². The first-order valence-electron chi connectivity index (χ1n) is 8.92. The van der Waals surface area contributed by atoms with Crippen LogP contribution in [0.2, 0.25) is 0 Å². The summed E-state index contributed by atoms with van der Waals surface area (Å²) in [5, 5.41) is 22.0. The van der Waals surface area contributed by atoms with Crippen molar-refractivity contribution in [3.05, 3.63) is 30.1 Å². The Labute approximate surface area is 165 Å². The number of hydrogen-bond donors (Lipinski definition) is 2. The average molecular weight is 400 g/mol. The second-order valence-corrected chi connectivity index (χ2v) is 7.76. The molecule has 1 aromatic carbocycles. The normalized spacial score (nSPS) is 14.6. The van der Waals surface area contributed by atoms with Gasteiger partial charge in [0, 0.05) is 5.56 Å². The Hall–Kier alpha value is -2.95. The van der Waals surface area contributed by atoms with Crippen LogP contribution >= 0.6 is 11.8 Å². The maximum absolute atomic E-state index is 12.4. The smallest absolute Gasteiger partial charge is 0.233 e. The van der Waals surface area contributed by atoms with Gasteiger partial charge < -0.3 is 10.1 Å². The van der Waals surface area contributed by atoms with Gasteiger partial charge in [-0.1, -0.05) is 11.8 Å². The Morgan fingerprint density at radius 3 is 2.89 bits per heavy atom. The van der Waals surface area contributed by atoms with Crippen molar-refractivity contribution in [2.45, 2.75) is 42.8 Å². The fourth-order valence-corrected chi connectivity index (χ4v) is 3.46. The molecule has 11 heteroatoms. The van der Waals surface area contributed by atoms with Crippen LogP contribution in [0.1, 0.15) is 31.6 Å². The van der Waals surface area contributed by atoms with E-state index in [2.05, 4.69) is 36.0 Å². The molecule has 0 bridgehead atoms. The van der Waals surface area contributed by atoms with Crippen LogP contribution in [0, 0.1) is 0 Å². The highest BCUT2D eigenvalue weighted by molar-refractivity contribution is 8.00. The highest BCUT2D eigenvalue weighted by Crippen LogP contribution is 2.37.